The van der Waals surface area contributed by atoms with E-state index in [0.717, 1.165) is 12.5 Å². The van der Waals surface area contributed by atoms with E-state index in [4.69, 9.17) is 4.74 Å². The lowest BCUT2D eigenvalue weighted by Gasteiger charge is -2.54. The average molecular weight is 292 g/mol. The molecule has 0 amide bonds. The fourth-order valence-corrected chi connectivity index (χ4v) is 5.04. The maximum Gasteiger partial charge on any atom is 0.0702 e. The second-order valence-electron chi connectivity index (χ2n) is 8.34. The molecule has 2 aliphatic carbocycles. The molecule has 2 saturated carbocycles. The van der Waals surface area contributed by atoms with E-state index in [9.17, 15) is 0 Å². The minimum atomic E-state index is 0.384. The maximum absolute atomic E-state index is 6.06. The van der Waals surface area contributed by atoms with Crippen LogP contribution in [0.15, 0.2) is 0 Å². The van der Waals surface area contributed by atoms with Gasteiger partial charge >= 0.3 is 0 Å². The number of nitrogens with zero attached hydrogens (tertiary/aromatic N) is 1. The highest BCUT2D eigenvalue weighted by Crippen LogP contribution is 2.47. The van der Waals surface area contributed by atoms with Crippen molar-refractivity contribution in [1.82, 2.24) is 10.2 Å². The second-order valence-corrected chi connectivity index (χ2v) is 8.34. The predicted octanol–water partition coefficient (Wildman–Crippen LogP) is 2.94. The van der Waals surface area contributed by atoms with Crippen LogP contribution in [0.2, 0.25) is 0 Å². The van der Waals surface area contributed by atoms with Crippen molar-refractivity contribution >= 4 is 0 Å². The molecule has 21 heavy (non-hydrogen) atoms. The van der Waals surface area contributed by atoms with Gasteiger partial charge in [0, 0.05) is 37.3 Å². The molecule has 4 rings (SSSR count). The van der Waals surface area contributed by atoms with Crippen molar-refractivity contribution in [2.45, 2.75) is 81.9 Å². The van der Waals surface area contributed by atoms with E-state index in [2.05, 4.69) is 17.1 Å². The van der Waals surface area contributed by atoms with Crippen LogP contribution in [-0.4, -0.2) is 48.3 Å². The standard InChI is InChI=1S/C18H32N2O/c1-17(15-7-8-15)13-19-18(9-3-4-10-18)14-20(17)12-16-6-2-5-11-21-16/h15-16,19H,2-14H2,1H3. The number of nitrogens with one attached hydrogen (secondary N) is 1. The van der Waals surface area contributed by atoms with Gasteiger partial charge in [-0.15, -0.1) is 0 Å². The zero-order valence-corrected chi connectivity index (χ0v) is 13.7. The first-order valence-corrected chi connectivity index (χ1v) is 9.32. The van der Waals surface area contributed by atoms with Crippen molar-refractivity contribution in [3.05, 3.63) is 0 Å². The second kappa shape index (κ2) is 5.50. The molecule has 2 atom stereocenters. The fourth-order valence-electron chi connectivity index (χ4n) is 5.04. The first-order valence-electron chi connectivity index (χ1n) is 9.32. The van der Waals surface area contributed by atoms with Crippen molar-refractivity contribution in [2.24, 2.45) is 5.92 Å². The van der Waals surface area contributed by atoms with E-state index in [1.807, 2.05) is 0 Å². The van der Waals surface area contributed by atoms with Crippen molar-refractivity contribution in [3.8, 4) is 0 Å². The minimum Gasteiger partial charge on any atom is -0.377 e. The molecule has 3 heteroatoms. The van der Waals surface area contributed by atoms with Crippen LogP contribution in [0.4, 0.5) is 0 Å². The summed E-state index contributed by atoms with van der Waals surface area (Å²) in [5.41, 5.74) is 0.817. The van der Waals surface area contributed by atoms with Crippen molar-refractivity contribution < 1.29 is 4.74 Å². The Bertz CT molecular complexity index is 369. The minimum absolute atomic E-state index is 0.384. The van der Waals surface area contributed by atoms with Gasteiger partial charge in [0.05, 0.1) is 6.10 Å². The number of hydrogen-bond acceptors (Lipinski definition) is 3. The van der Waals surface area contributed by atoms with Crippen LogP contribution in [0.1, 0.15) is 64.7 Å². The van der Waals surface area contributed by atoms with Gasteiger partial charge in [-0.3, -0.25) is 4.90 Å². The van der Waals surface area contributed by atoms with Gasteiger partial charge < -0.3 is 10.1 Å². The number of piperazine rings is 1. The zero-order valence-electron chi connectivity index (χ0n) is 13.7. The Morgan fingerprint density at radius 1 is 1.10 bits per heavy atom. The van der Waals surface area contributed by atoms with Crippen molar-refractivity contribution in [3.63, 3.8) is 0 Å². The lowest BCUT2D eigenvalue weighted by atomic mass is 9.83. The lowest BCUT2D eigenvalue weighted by Crippen LogP contribution is -2.70. The normalized spacial score (nSPS) is 40.7. The van der Waals surface area contributed by atoms with E-state index < -0.39 is 0 Å². The highest BCUT2D eigenvalue weighted by Gasteiger charge is 2.52. The third-order valence-corrected chi connectivity index (χ3v) is 6.75. The Morgan fingerprint density at radius 3 is 2.57 bits per heavy atom. The van der Waals surface area contributed by atoms with Gasteiger partial charge in [-0.25, -0.2) is 0 Å². The topological polar surface area (TPSA) is 24.5 Å². The molecule has 0 bridgehead atoms. The summed E-state index contributed by atoms with van der Waals surface area (Å²) < 4.78 is 6.06. The van der Waals surface area contributed by atoms with E-state index >= 15 is 0 Å². The monoisotopic (exact) mass is 292 g/mol. The van der Waals surface area contributed by atoms with Crippen LogP contribution in [0.3, 0.4) is 0 Å². The summed E-state index contributed by atoms with van der Waals surface area (Å²) >= 11 is 0. The van der Waals surface area contributed by atoms with Crippen molar-refractivity contribution in [2.75, 3.05) is 26.2 Å². The number of ether oxygens (including phenoxy) is 1. The van der Waals surface area contributed by atoms with Crippen LogP contribution < -0.4 is 5.32 Å². The Labute approximate surface area is 129 Å². The fraction of sp³-hybridized carbons (Fsp3) is 1.00. The first kappa shape index (κ1) is 14.5. The van der Waals surface area contributed by atoms with E-state index in [1.54, 1.807) is 0 Å². The molecular formula is C18H32N2O. The van der Waals surface area contributed by atoms with Crippen LogP contribution in [0.5, 0.6) is 0 Å². The number of hydrogen-bond donors (Lipinski definition) is 1. The zero-order chi connectivity index (χ0) is 14.3. The summed E-state index contributed by atoms with van der Waals surface area (Å²) in [6, 6.07) is 0. The first-order chi connectivity index (χ1) is 10.2. The van der Waals surface area contributed by atoms with Gasteiger partial charge in [-0.2, -0.15) is 0 Å². The Kier molecular flexibility index (Phi) is 3.79. The Morgan fingerprint density at radius 2 is 1.90 bits per heavy atom. The molecule has 4 aliphatic rings. The summed E-state index contributed by atoms with van der Waals surface area (Å²) in [6.45, 7) is 7.14. The summed E-state index contributed by atoms with van der Waals surface area (Å²) in [5.74, 6) is 0.923. The quantitative estimate of drug-likeness (QED) is 0.865. The van der Waals surface area contributed by atoms with Crippen molar-refractivity contribution in [1.29, 1.82) is 0 Å². The highest BCUT2D eigenvalue weighted by atomic mass is 16.5. The van der Waals surface area contributed by atoms with E-state index in [1.165, 1.54) is 77.4 Å². The van der Waals surface area contributed by atoms with E-state index in [0.29, 0.717) is 17.2 Å². The summed E-state index contributed by atoms with van der Waals surface area (Å²) in [7, 11) is 0. The van der Waals surface area contributed by atoms with Gasteiger partial charge in [0.2, 0.25) is 0 Å². The third-order valence-electron chi connectivity index (χ3n) is 6.75. The molecule has 0 aromatic carbocycles. The molecule has 2 saturated heterocycles. The van der Waals surface area contributed by atoms with Crippen LogP contribution >= 0.6 is 0 Å². The van der Waals surface area contributed by atoms with Crippen LogP contribution in [0.25, 0.3) is 0 Å². The molecule has 0 radical (unpaired) electrons. The SMILES string of the molecule is CC1(C2CC2)CNC2(CCCC2)CN1CC1CCCCO1. The molecular weight excluding hydrogens is 260 g/mol. The van der Waals surface area contributed by atoms with Crippen LogP contribution in [-0.2, 0) is 4.74 Å². The molecule has 1 spiro atoms. The van der Waals surface area contributed by atoms with Gasteiger partial charge in [0.15, 0.2) is 0 Å². The lowest BCUT2D eigenvalue weighted by molar-refractivity contribution is -0.0600. The molecule has 2 unspecified atom stereocenters. The molecule has 1 N–H and O–H groups in total. The molecule has 2 heterocycles. The maximum atomic E-state index is 6.06. The Hall–Kier alpha value is -0.120. The summed E-state index contributed by atoms with van der Waals surface area (Å²) in [4.78, 5) is 2.85. The van der Waals surface area contributed by atoms with Gasteiger partial charge in [0.25, 0.3) is 0 Å². The van der Waals surface area contributed by atoms with Gasteiger partial charge in [-0.1, -0.05) is 12.8 Å². The highest BCUT2D eigenvalue weighted by molar-refractivity contribution is 5.10. The third kappa shape index (κ3) is 2.77. The number of rotatable bonds is 3. The largest absolute Gasteiger partial charge is 0.377 e. The molecule has 4 fully saturated rings. The van der Waals surface area contributed by atoms with Gasteiger partial charge in [-0.05, 0) is 57.8 Å². The molecule has 0 aromatic heterocycles. The Balaban J connectivity index is 1.49. The summed E-state index contributed by atoms with van der Waals surface area (Å²) in [5, 5.41) is 3.99. The smallest absolute Gasteiger partial charge is 0.0702 e. The predicted molar refractivity (Wildman–Crippen MR) is 85.5 cm³/mol. The molecule has 2 aliphatic heterocycles. The van der Waals surface area contributed by atoms with Gasteiger partial charge in [0.1, 0.15) is 0 Å². The molecule has 120 valence electrons. The average Bonchev–Trinajstić information content (AvgIpc) is 3.27. The van der Waals surface area contributed by atoms with Crippen LogP contribution in [0, 0.1) is 5.92 Å². The molecule has 3 nitrogen and oxygen atoms in total. The molecule has 0 aromatic rings. The van der Waals surface area contributed by atoms with E-state index in [-0.39, 0.29) is 0 Å². The summed E-state index contributed by atoms with van der Waals surface area (Å²) in [6.07, 6.45) is 12.9.